The van der Waals surface area contributed by atoms with Crippen molar-refractivity contribution >= 4 is 16.6 Å². The first-order valence-electron chi connectivity index (χ1n) is 8.64. The number of fused-ring (bicyclic) bond motifs is 1. The van der Waals surface area contributed by atoms with Crippen molar-refractivity contribution in [1.82, 2.24) is 9.97 Å². The van der Waals surface area contributed by atoms with E-state index in [1.165, 1.54) is 0 Å². The van der Waals surface area contributed by atoms with Gasteiger partial charge in [-0.15, -0.1) is 0 Å². The Hall–Kier alpha value is -3.60. The van der Waals surface area contributed by atoms with Gasteiger partial charge in [-0.3, -0.25) is 9.97 Å². The molecule has 2 aromatic heterocycles. The lowest BCUT2D eigenvalue weighted by Gasteiger charge is -2.22. The predicted octanol–water partition coefficient (Wildman–Crippen LogP) is 4.55. The van der Waals surface area contributed by atoms with E-state index in [1.807, 2.05) is 66.7 Å². The number of phenolic OH excluding ortho intramolecular Hbond substituents is 1. The summed E-state index contributed by atoms with van der Waals surface area (Å²) in [5.74, 6) is 0.906. The average Bonchev–Trinajstić information content (AvgIpc) is 2.74. The van der Waals surface area contributed by atoms with E-state index in [0.717, 1.165) is 22.5 Å². The molecule has 5 heteroatoms. The first-order chi connectivity index (χ1) is 13.3. The minimum Gasteiger partial charge on any atom is -0.505 e. The van der Waals surface area contributed by atoms with Gasteiger partial charge >= 0.3 is 0 Å². The molecule has 0 fully saturated rings. The number of nitrogens with one attached hydrogen (secondary N) is 1. The lowest BCUT2D eigenvalue weighted by molar-refractivity contribution is 0.415. The molecule has 2 N–H and O–H groups in total. The summed E-state index contributed by atoms with van der Waals surface area (Å²) in [6.45, 7) is 0. The normalized spacial score (nSPS) is 11.9. The van der Waals surface area contributed by atoms with Crippen LogP contribution in [0.1, 0.15) is 17.3 Å². The molecule has 2 aromatic carbocycles. The van der Waals surface area contributed by atoms with Gasteiger partial charge in [-0.25, -0.2) is 0 Å². The Bertz CT molecular complexity index is 1070. The number of aromatic hydroxyl groups is 1. The molecule has 4 aromatic rings. The van der Waals surface area contributed by atoms with Crippen LogP contribution in [0.25, 0.3) is 10.9 Å². The van der Waals surface area contributed by atoms with E-state index in [9.17, 15) is 5.11 Å². The standard InChI is InChI=1S/C22H19N3O2/c1-27-17-8-4-7-16(14-17)25-21(19-9-2-3-12-23-19)18-11-10-15-6-5-13-24-20(15)22(18)26/h2-14,21,25-26H,1H3/t21-/m0/s1. The fourth-order valence-electron chi connectivity index (χ4n) is 3.12. The molecule has 0 amide bonds. The summed E-state index contributed by atoms with van der Waals surface area (Å²) in [5.41, 5.74) is 2.95. The van der Waals surface area contributed by atoms with E-state index in [4.69, 9.17) is 4.74 Å². The zero-order valence-electron chi connectivity index (χ0n) is 14.8. The summed E-state index contributed by atoms with van der Waals surface area (Å²) < 4.78 is 5.31. The van der Waals surface area contributed by atoms with E-state index in [2.05, 4.69) is 15.3 Å². The largest absolute Gasteiger partial charge is 0.505 e. The van der Waals surface area contributed by atoms with Gasteiger partial charge in [0.1, 0.15) is 17.0 Å². The first kappa shape index (κ1) is 16.8. The highest BCUT2D eigenvalue weighted by Crippen LogP contribution is 2.36. The van der Waals surface area contributed by atoms with Gasteiger partial charge in [0.25, 0.3) is 0 Å². The molecular formula is C22H19N3O2. The highest BCUT2D eigenvalue weighted by atomic mass is 16.5. The van der Waals surface area contributed by atoms with Gasteiger partial charge < -0.3 is 15.2 Å². The van der Waals surface area contributed by atoms with Gasteiger partial charge in [-0.1, -0.05) is 30.3 Å². The molecule has 0 radical (unpaired) electrons. The van der Waals surface area contributed by atoms with Crippen molar-refractivity contribution in [2.24, 2.45) is 0 Å². The summed E-state index contributed by atoms with van der Waals surface area (Å²) in [4.78, 5) is 8.82. The molecule has 134 valence electrons. The minimum atomic E-state index is -0.343. The monoisotopic (exact) mass is 357 g/mol. The number of ether oxygens (including phenoxy) is 1. The van der Waals surface area contributed by atoms with Crippen molar-refractivity contribution in [3.8, 4) is 11.5 Å². The molecule has 0 unspecified atom stereocenters. The number of anilines is 1. The Labute approximate surface area is 157 Å². The van der Waals surface area contributed by atoms with Crippen LogP contribution in [0, 0.1) is 0 Å². The number of hydrogen-bond acceptors (Lipinski definition) is 5. The number of methoxy groups -OCH3 is 1. The molecule has 4 rings (SSSR count). The maximum atomic E-state index is 10.9. The highest BCUT2D eigenvalue weighted by Gasteiger charge is 2.21. The lowest BCUT2D eigenvalue weighted by Crippen LogP contribution is -2.14. The maximum Gasteiger partial charge on any atom is 0.147 e. The smallest absolute Gasteiger partial charge is 0.147 e. The van der Waals surface area contributed by atoms with Crippen LogP contribution in [-0.4, -0.2) is 22.2 Å². The average molecular weight is 357 g/mol. The van der Waals surface area contributed by atoms with Crippen LogP contribution < -0.4 is 10.1 Å². The minimum absolute atomic E-state index is 0.152. The third kappa shape index (κ3) is 3.40. The molecule has 0 aliphatic carbocycles. The van der Waals surface area contributed by atoms with E-state index < -0.39 is 0 Å². The van der Waals surface area contributed by atoms with E-state index in [0.29, 0.717) is 11.1 Å². The summed E-state index contributed by atoms with van der Waals surface area (Å²) in [7, 11) is 1.64. The maximum absolute atomic E-state index is 10.9. The van der Waals surface area contributed by atoms with Crippen molar-refractivity contribution in [1.29, 1.82) is 0 Å². The molecule has 0 saturated heterocycles. The summed E-state index contributed by atoms with van der Waals surface area (Å²) in [6.07, 6.45) is 3.42. The number of rotatable bonds is 5. The lowest BCUT2D eigenvalue weighted by atomic mass is 9.99. The van der Waals surface area contributed by atoms with Crippen LogP contribution in [0.5, 0.6) is 11.5 Å². The van der Waals surface area contributed by atoms with Crippen LogP contribution in [0.4, 0.5) is 5.69 Å². The predicted molar refractivity (Wildman–Crippen MR) is 106 cm³/mol. The summed E-state index contributed by atoms with van der Waals surface area (Å²) in [6, 6.07) is 20.7. The number of hydrogen-bond donors (Lipinski definition) is 2. The highest BCUT2D eigenvalue weighted by molar-refractivity contribution is 5.86. The topological polar surface area (TPSA) is 67.3 Å². The zero-order chi connectivity index (χ0) is 18.6. The molecule has 0 saturated carbocycles. The SMILES string of the molecule is COc1cccc(N[C@H](c2ccccn2)c2ccc3cccnc3c2O)c1. The van der Waals surface area contributed by atoms with Gasteiger partial charge in [0.2, 0.25) is 0 Å². The van der Waals surface area contributed by atoms with E-state index >= 15 is 0 Å². The van der Waals surface area contributed by atoms with Crippen molar-refractivity contribution < 1.29 is 9.84 Å². The number of pyridine rings is 2. The molecule has 1 atom stereocenters. The van der Waals surface area contributed by atoms with Gasteiger partial charge in [-0.2, -0.15) is 0 Å². The van der Waals surface area contributed by atoms with Crippen molar-refractivity contribution in [2.75, 3.05) is 12.4 Å². The Balaban J connectivity index is 1.82. The fraction of sp³-hybridized carbons (Fsp3) is 0.0909. The fourth-order valence-corrected chi connectivity index (χ4v) is 3.12. The van der Waals surface area contributed by atoms with Gasteiger partial charge in [0.05, 0.1) is 18.8 Å². The molecular weight excluding hydrogens is 338 g/mol. The van der Waals surface area contributed by atoms with Crippen LogP contribution in [0.15, 0.2) is 79.1 Å². The molecule has 2 heterocycles. The van der Waals surface area contributed by atoms with Gasteiger partial charge in [-0.05, 0) is 30.3 Å². The third-order valence-corrected chi connectivity index (χ3v) is 4.45. The van der Waals surface area contributed by atoms with E-state index in [1.54, 1.807) is 19.5 Å². The Kier molecular flexibility index (Phi) is 4.58. The van der Waals surface area contributed by atoms with Crippen LogP contribution in [-0.2, 0) is 0 Å². The number of aromatic nitrogens is 2. The van der Waals surface area contributed by atoms with Crippen molar-refractivity contribution in [2.45, 2.75) is 6.04 Å². The number of phenols is 1. The van der Waals surface area contributed by atoms with Crippen LogP contribution in [0.2, 0.25) is 0 Å². The first-order valence-corrected chi connectivity index (χ1v) is 8.64. The van der Waals surface area contributed by atoms with Crippen LogP contribution in [0.3, 0.4) is 0 Å². The molecule has 0 bridgehead atoms. The second-order valence-corrected chi connectivity index (χ2v) is 6.14. The molecule has 5 nitrogen and oxygen atoms in total. The molecule has 0 aliphatic heterocycles. The van der Waals surface area contributed by atoms with Gasteiger partial charge in [0.15, 0.2) is 0 Å². The Morgan fingerprint density at radius 1 is 0.926 bits per heavy atom. The van der Waals surface area contributed by atoms with Crippen LogP contribution >= 0.6 is 0 Å². The third-order valence-electron chi connectivity index (χ3n) is 4.45. The summed E-state index contributed by atoms with van der Waals surface area (Å²) in [5, 5.41) is 15.3. The molecule has 27 heavy (non-hydrogen) atoms. The molecule has 0 spiro atoms. The number of nitrogens with zero attached hydrogens (tertiary/aromatic N) is 2. The van der Waals surface area contributed by atoms with Gasteiger partial charge in [0, 0.05) is 35.1 Å². The number of benzene rings is 2. The second kappa shape index (κ2) is 7.33. The van der Waals surface area contributed by atoms with Crippen molar-refractivity contribution in [3.63, 3.8) is 0 Å². The van der Waals surface area contributed by atoms with Crippen molar-refractivity contribution in [3.05, 3.63) is 90.4 Å². The summed E-state index contributed by atoms with van der Waals surface area (Å²) >= 11 is 0. The quantitative estimate of drug-likeness (QED) is 0.549. The Morgan fingerprint density at radius 2 is 1.81 bits per heavy atom. The molecule has 0 aliphatic rings. The zero-order valence-corrected chi connectivity index (χ0v) is 14.8. The van der Waals surface area contributed by atoms with E-state index in [-0.39, 0.29) is 11.8 Å². The Morgan fingerprint density at radius 3 is 2.63 bits per heavy atom. The second-order valence-electron chi connectivity index (χ2n) is 6.14.